The molecule has 3 heteroatoms. The summed E-state index contributed by atoms with van der Waals surface area (Å²) in [5.74, 6) is 2.17. The first-order chi connectivity index (χ1) is 7.11. The van der Waals surface area contributed by atoms with E-state index >= 15 is 0 Å². The molecule has 1 heterocycles. The number of alkyl halides is 1. The van der Waals surface area contributed by atoms with Crippen molar-refractivity contribution in [3.63, 3.8) is 0 Å². The molecule has 0 saturated carbocycles. The summed E-state index contributed by atoms with van der Waals surface area (Å²) in [6, 6.07) is 4.35. The van der Waals surface area contributed by atoms with Crippen molar-refractivity contribution in [2.45, 2.75) is 33.2 Å². The van der Waals surface area contributed by atoms with Crippen molar-refractivity contribution >= 4 is 17.4 Å². The molecule has 0 aliphatic carbocycles. The molecule has 0 aromatic carbocycles. The van der Waals surface area contributed by atoms with E-state index in [9.17, 15) is 0 Å². The van der Waals surface area contributed by atoms with Crippen LogP contribution in [0.1, 0.15) is 25.8 Å². The van der Waals surface area contributed by atoms with Crippen LogP contribution in [0.3, 0.4) is 0 Å². The number of anilines is 1. The number of rotatable bonds is 5. The molecule has 0 saturated heterocycles. The maximum atomic E-state index is 5.90. The van der Waals surface area contributed by atoms with E-state index in [-0.39, 0.29) is 0 Å². The molecule has 0 spiro atoms. The van der Waals surface area contributed by atoms with E-state index in [4.69, 9.17) is 11.6 Å². The normalized spacial score (nSPS) is 12.9. The molecule has 1 aromatic heterocycles. The molecule has 1 atom stereocenters. The van der Waals surface area contributed by atoms with Gasteiger partial charge in [0.1, 0.15) is 5.82 Å². The highest BCUT2D eigenvalue weighted by Crippen LogP contribution is 2.12. The number of halogens is 1. The highest BCUT2D eigenvalue weighted by Gasteiger charge is 2.09. The molecule has 0 radical (unpaired) electrons. The second-order valence-electron chi connectivity index (χ2n) is 4.35. The van der Waals surface area contributed by atoms with E-state index in [2.05, 4.69) is 30.2 Å². The van der Waals surface area contributed by atoms with E-state index in [1.165, 1.54) is 5.56 Å². The minimum absolute atomic E-state index is 0.307. The standard InChI is InChI=1S/C12H19ClN2/c1-9(2)6-11(7-13)15-12-5-4-10(3)8-14-12/h4-5,8-9,11H,6-7H2,1-3H3,(H,14,15). The van der Waals surface area contributed by atoms with Gasteiger partial charge in [0.15, 0.2) is 0 Å². The lowest BCUT2D eigenvalue weighted by Gasteiger charge is -2.18. The van der Waals surface area contributed by atoms with Gasteiger partial charge in [0.2, 0.25) is 0 Å². The van der Waals surface area contributed by atoms with Crippen LogP contribution in [-0.4, -0.2) is 16.9 Å². The van der Waals surface area contributed by atoms with E-state index in [1.54, 1.807) is 0 Å². The third kappa shape index (κ3) is 4.52. The molecule has 2 nitrogen and oxygen atoms in total. The maximum absolute atomic E-state index is 5.90. The zero-order chi connectivity index (χ0) is 11.3. The van der Waals surface area contributed by atoms with Crippen molar-refractivity contribution in [3.8, 4) is 0 Å². The summed E-state index contributed by atoms with van der Waals surface area (Å²) in [4.78, 5) is 4.30. The summed E-state index contributed by atoms with van der Waals surface area (Å²) in [5, 5.41) is 3.34. The number of nitrogens with one attached hydrogen (secondary N) is 1. The van der Waals surface area contributed by atoms with Crippen LogP contribution in [0.4, 0.5) is 5.82 Å². The van der Waals surface area contributed by atoms with Crippen molar-refractivity contribution in [1.29, 1.82) is 0 Å². The molecule has 1 rings (SSSR count). The minimum atomic E-state index is 0.307. The van der Waals surface area contributed by atoms with Gasteiger partial charge in [0.05, 0.1) is 0 Å². The first kappa shape index (κ1) is 12.3. The molecule has 15 heavy (non-hydrogen) atoms. The third-order valence-corrected chi connectivity index (χ3v) is 2.58. The predicted octanol–water partition coefficient (Wildman–Crippen LogP) is 3.46. The zero-order valence-corrected chi connectivity index (χ0v) is 10.4. The molecule has 0 bridgehead atoms. The first-order valence-corrected chi connectivity index (χ1v) is 5.90. The van der Waals surface area contributed by atoms with Gasteiger partial charge in [-0.05, 0) is 30.9 Å². The lowest BCUT2D eigenvalue weighted by Crippen LogP contribution is -2.23. The van der Waals surface area contributed by atoms with Crippen molar-refractivity contribution in [2.24, 2.45) is 5.92 Å². The maximum Gasteiger partial charge on any atom is 0.126 e. The molecule has 0 aliphatic rings. The van der Waals surface area contributed by atoms with Crippen LogP contribution in [0, 0.1) is 12.8 Å². The average Bonchev–Trinajstić information content (AvgIpc) is 2.19. The summed E-state index contributed by atoms with van der Waals surface area (Å²) < 4.78 is 0. The molecular weight excluding hydrogens is 208 g/mol. The summed E-state index contributed by atoms with van der Waals surface area (Å²) >= 11 is 5.90. The topological polar surface area (TPSA) is 24.9 Å². The van der Waals surface area contributed by atoms with E-state index in [1.807, 2.05) is 19.2 Å². The zero-order valence-electron chi connectivity index (χ0n) is 9.63. The van der Waals surface area contributed by atoms with Gasteiger partial charge in [-0.15, -0.1) is 11.6 Å². The molecule has 1 aromatic rings. The van der Waals surface area contributed by atoms with Gasteiger partial charge >= 0.3 is 0 Å². The SMILES string of the molecule is Cc1ccc(NC(CCl)CC(C)C)nc1. The summed E-state index contributed by atoms with van der Waals surface area (Å²) in [7, 11) is 0. The Hall–Kier alpha value is -0.760. The summed E-state index contributed by atoms with van der Waals surface area (Å²) in [5.41, 5.74) is 1.17. The number of pyridine rings is 1. The lowest BCUT2D eigenvalue weighted by molar-refractivity contribution is 0.541. The van der Waals surface area contributed by atoms with Gasteiger partial charge in [0.25, 0.3) is 0 Å². The Morgan fingerprint density at radius 3 is 2.60 bits per heavy atom. The van der Waals surface area contributed by atoms with E-state index < -0.39 is 0 Å². The fourth-order valence-corrected chi connectivity index (χ4v) is 1.69. The Morgan fingerprint density at radius 1 is 1.40 bits per heavy atom. The van der Waals surface area contributed by atoms with Crippen LogP contribution in [0.2, 0.25) is 0 Å². The van der Waals surface area contributed by atoms with Gasteiger partial charge in [-0.25, -0.2) is 4.98 Å². The molecule has 84 valence electrons. The Kier molecular flexibility index (Phi) is 4.89. The second kappa shape index (κ2) is 5.96. The van der Waals surface area contributed by atoms with Crippen molar-refractivity contribution in [2.75, 3.05) is 11.2 Å². The summed E-state index contributed by atoms with van der Waals surface area (Å²) in [6.07, 6.45) is 2.93. The van der Waals surface area contributed by atoms with E-state index in [0.717, 1.165) is 12.2 Å². The fraction of sp³-hybridized carbons (Fsp3) is 0.583. The van der Waals surface area contributed by atoms with Crippen molar-refractivity contribution in [1.82, 2.24) is 4.98 Å². The van der Waals surface area contributed by atoms with Crippen LogP contribution < -0.4 is 5.32 Å². The predicted molar refractivity (Wildman–Crippen MR) is 66.6 cm³/mol. The molecule has 0 aliphatic heterocycles. The third-order valence-electron chi connectivity index (χ3n) is 2.21. The van der Waals surface area contributed by atoms with E-state index in [0.29, 0.717) is 17.8 Å². The first-order valence-electron chi connectivity index (χ1n) is 5.37. The quantitative estimate of drug-likeness (QED) is 0.778. The Bertz CT molecular complexity index is 282. The minimum Gasteiger partial charge on any atom is -0.366 e. The monoisotopic (exact) mass is 226 g/mol. The van der Waals surface area contributed by atoms with Crippen LogP contribution in [0.5, 0.6) is 0 Å². The van der Waals surface area contributed by atoms with Crippen LogP contribution in [-0.2, 0) is 0 Å². The van der Waals surface area contributed by atoms with Crippen LogP contribution in [0.15, 0.2) is 18.3 Å². The largest absolute Gasteiger partial charge is 0.366 e. The average molecular weight is 227 g/mol. The summed E-state index contributed by atoms with van der Waals surface area (Å²) in [6.45, 7) is 6.43. The fourth-order valence-electron chi connectivity index (χ4n) is 1.49. The Morgan fingerprint density at radius 2 is 2.13 bits per heavy atom. The second-order valence-corrected chi connectivity index (χ2v) is 4.65. The molecular formula is C12H19ClN2. The van der Waals surface area contributed by atoms with Gasteiger partial charge in [-0.3, -0.25) is 0 Å². The number of aryl methyl sites for hydroxylation is 1. The highest BCUT2D eigenvalue weighted by atomic mass is 35.5. The number of nitrogens with zero attached hydrogens (tertiary/aromatic N) is 1. The molecule has 1 unspecified atom stereocenters. The van der Waals surface area contributed by atoms with Gasteiger partial charge in [-0.1, -0.05) is 19.9 Å². The smallest absolute Gasteiger partial charge is 0.126 e. The number of aromatic nitrogens is 1. The van der Waals surface area contributed by atoms with Gasteiger partial charge in [-0.2, -0.15) is 0 Å². The molecule has 1 N–H and O–H groups in total. The van der Waals surface area contributed by atoms with Crippen molar-refractivity contribution < 1.29 is 0 Å². The number of hydrogen-bond donors (Lipinski definition) is 1. The molecule has 0 amide bonds. The van der Waals surface area contributed by atoms with Crippen LogP contribution in [0.25, 0.3) is 0 Å². The van der Waals surface area contributed by atoms with Crippen molar-refractivity contribution in [3.05, 3.63) is 23.9 Å². The Labute approximate surface area is 97.1 Å². The Balaban J connectivity index is 2.54. The van der Waals surface area contributed by atoms with Crippen LogP contribution >= 0.6 is 11.6 Å². The van der Waals surface area contributed by atoms with Gasteiger partial charge < -0.3 is 5.32 Å². The number of hydrogen-bond acceptors (Lipinski definition) is 2. The molecule has 0 fully saturated rings. The highest BCUT2D eigenvalue weighted by molar-refractivity contribution is 6.18. The van der Waals surface area contributed by atoms with Gasteiger partial charge in [0, 0.05) is 18.1 Å². The lowest BCUT2D eigenvalue weighted by atomic mass is 10.1.